The molecule has 0 aliphatic heterocycles. The number of ether oxygens (including phenoxy) is 2. The molecule has 0 saturated heterocycles. The number of benzene rings is 2. The van der Waals surface area contributed by atoms with Gasteiger partial charge in [0.2, 0.25) is 0 Å². The average Bonchev–Trinajstić information content (AvgIpc) is 2.62. The molecular weight excluding hydrogens is 298 g/mol. The molecule has 2 aromatic rings. The van der Waals surface area contributed by atoms with Gasteiger partial charge in [0.15, 0.2) is 0 Å². The zero-order valence-electron chi connectivity index (χ0n) is 15.4. The lowest BCUT2D eigenvalue weighted by Gasteiger charge is -2.06. The van der Waals surface area contributed by atoms with Gasteiger partial charge in [0, 0.05) is 11.8 Å². The van der Waals surface area contributed by atoms with Crippen LogP contribution in [0.3, 0.4) is 0 Å². The van der Waals surface area contributed by atoms with Crippen molar-refractivity contribution in [3.8, 4) is 11.5 Å². The zero-order valence-corrected chi connectivity index (χ0v) is 15.4. The van der Waals surface area contributed by atoms with Crippen LogP contribution in [0.2, 0.25) is 0 Å². The summed E-state index contributed by atoms with van der Waals surface area (Å²) in [6.45, 7) is 6.36. The van der Waals surface area contributed by atoms with E-state index in [0.717, 1.165) is 33.9 Å². The Balaban J connectivity index is 0.000000648. The maximum atomic E-state index is 5.81. The number of anilines is 1. The van der Waals surface area contributed by atoms with Crippen LogP contribution in [0.4, 0.5) is 5.69 Å². The van der Waals surface area contributed by atoms with E-state index in [4.69, 9.17) is 15.2 Å². The lowest BCUT2D eigenvalue weighted by Crippen LogP contribution is -1.89. The Morgan fingerprint density at radius 2 is 1.38 bits per heavy atom. The normalized spacial score (nSPS) is 10.2. The molecule has 0 aromatic heterocycles. The van der Waals surface area contributed by atoms with Gasteiger partial charge in [-0.2, -0.15) is 0 Å². The van der Waals surface area contributed by atoms with Gasteiger partial charge in [0.05, 0.1) is 14.2 Å². The number of rotatable bonds is 5. The molecule has 130 valence electrons. The molecule has 0 aliphatic carbocycles. The van der Waals surface area contributed by atoms with Crippen molar-refractivity contribution < 1.29 is 9.47 Å². The van der Waals surface area contributed by atoms with Crippen LogP contribution in [0, 0.1) is 6.92 Å². The number of nitrogen functional groups attached to an aromatic ring is 1. The summed E-state index contributed by atoms with van der Waals surface area (Å²) in [5, 5.41) is 0. The second-order valence-electron chi connectivity index (χ2n) is 5.60. The molecule has 0 amide bonds. The lowest BCUT2D eigenvalue weighted by atomic mass is 10.1. The molecule has 0 saturated carbocycles. The van der Waals surface area contributed by atoms with Crippen LogP contribution in [-0.4, -0.2) is 14.2 Å². The van der Waals surface area contributed by atoms with Crippen molar-refractivity contribution >= 4 is 17.8 Å². The highest BCUT2D eigenvalue weighted by Gasteiger charge is 1.99. The molecule has 0 atom stereocenters. The molecule has 24 heavy (non-hydrogen) atoms. The number of aryl methyl sites for hydroxylation is 1. The number of hydrogen-bond donors (Lipinski definition) is 1. The summed E-state index contributed by atoms with van der Waals surface area (Å²) in [6, 6.07) is 11.7. The Morgan fingerprint density at radius 3 is 1.83 bits per heavy atom. The van der Waals surface area contributed by atoms with Gasteiger partial charge in [-0.1, -0.05) is 44.9 Å². The number of methoxy groups -OCH3 is 2. The van der Waals surface area contributed by atoms with Crippen molar-refractivity contribution in [2.75, 3.05) is 20.0 Å². The van der Waals surface area contributed by atoms with Crippen molar-refractivity contribution in [3.63, 3.8) is 0 Å². The highest BCUT2D eigenvalue weighted by molar-refractivity contribution is 5.72. The molecule has 0 fully saturated rings. The van der Waals surface area contributed by atoms with Crippen LogP contribution < -0.4 is 15.2 Å². The summed E-state index contributed by atoms with van der Waals surface area (Å²) in [7, 11) is 3.29. The fraction of sp³-hybridized carbons (Fsp3) is 0.333. The summed E-state index contributed by atoms with van der Waals surface area (Å²) in [5.74, 6) is 1.55. The van der Waals surface area contributed by atoms with Crippen LogP contribution >= 0.6 is 0 Å². The quantitative estimate of drug-likeness (QED) is 0.576. The van der Waals surface area contributed by atoms with Crippen molar-refractivity contribution in [3.05, 3.63) is 53.1 Å². The van der Waals surface area contributed by atoms with Crippen LogP contribution in [0.25, 0.3) is 12.2 Å². The largest absolute Gasteiger partial charge is 0.497 e. The van der Waals surface area contributed by atoms with Gasteiger partial charge in [-0.3, -0.25) is 0 Å². The van der Waals surface area contributed by atoms with E-state index < -0.39 is 0 Å². The SMILES string of the molecule is CCCC.COc1cc(/C=C\c2ccc(N)c(C)c2)cc(OC)c1. The first kappa shape index (κ1) is 19.6. The fourth-order valence-corrected chi connectivity index (χ4v) is 1.92. The maximum Gasteiger partial charge on any atom is 0.123 e. The smallest absolute Gasteiger partial charge is 0.123 e. The van der Waals surface area contributed by atoms with E-state index in [1.54, 1.807) is 14.2 Å². The minimum Gasteiger partial charge on any atom is -0.497 e. The molecule has 0 spiro atoms. The Hall–Kier alpha value is -2.42. The molecule has 2 N–H and O–H groups in total. The van der Waals surface area contributed by atoms with Crippen molar-refractivity contribution in [2.24, 2.45) is 0 Å². The van der Waals surface area contributed by atoms with Gasteiger partial charge < -0.3 is 15.2 Å². The van der Waals surface area contributed by atoms with Gasteiger partial charge in [-0.05, 0) is 47.9 Å². The third-order valence-electron chi connectivity index (χ3n) is 3.64. The number of nitrogens with two attached hydrogens (primary N) is 1. The summed E-state index contributed by atoms with van der Waals surface area (Å²) < 4.78 is 10.5. The Morgan fingerprint density at radius 1 is 0.833 bits per heavy atom. The first-order valence-electron chi connectivity index (χ1n) is 8.31. The van der Waals surface area contributed by atoms with Gasteiger partial charge in [0.1, 0.15) is 11.5 Å². The highest BCUT2D eigenvalue weighted by Crippen LogP contribution is 2.24. The predicted octanol–water partition coefficient (Wildman–Crippen LogP) is 5.57. The zero-order chi connectivity index (χ0) is 17.9. The third kappa shape index (κ3) is 6.37. The van der Waals surface area contributed by atoms with Crippen molar-refractivity contribution in [2.45, 2.75) is 33.6 Å². The summed E-state index contributed by atoms with van der Waals surface area (Å²) in [6.07, 6.45) is 6.71. The molecule has 2 rings (SSSR count). The first-order chi connectivity index (χ1) is 11.5. The Kier molecular flexibility index (Phi) is 8.48. The predicted molar refractivity (Wildman–Crippen MR) is 105 cm³/mol. The monoisotopic (exact) mass is 327 g/mol. The van der Waals surface area contributed by atoms with Gasteiger partial charge in [-0.25, -0.2) is 0 Å². The van der Waals surface area contributed by atoms with E-state index in [2.05, 4.69) is 19.9 Å². The molecule has 0 heterocycles. The molecule has 0 radical (unpaired) electrons. The van der Waals surface area contributed by atoms with Crippen LogP contribution in [0.5, 0.6) is 11.5 Å². The molecule has 3 heteroatoms. The van der Waals surface area contributed by atoms with Crippen LogP contribution in [0.15, 0.2) is 36.4 Å². The third-order valence-corrected chi connectivity index (χ3v) is 3.64. The van der Waals surface area contributed by atoms with Crippen LogP contribution in [0.1, 0.15) is 43.4 Å². The summed E-state index contributed by atoms with van der Waals surface area (Å²) >= 11 is 0. The van der Waals surface area contributed by atoms with E-state index >= 15 is 0 Å². The van der Waals surface area contributed by atoms with Gasteiger partial charge in [0.25, 0.3) is 0 Å². The van der Waals surface area contributed by atoms with E-state index in [1.807, 2.05) is 49.4 Å². The first-order valence-corrected chi connectivity index (χ1v) is 8.31. The minimum atomic E-state index is 0.775. The van der Waals surface area contributed by atoms with Crippen LogP contribution in [-0.2, 0) is 0 Å². The number of unbranched alkanes of at least 4 members (excludes halogenated alkanes) is 1. The fourth-order valence-electron chi connectivity index (χ4n) is 1.92. The van der Waals surface area contributed by atoms with E-state index in [1.165, 1.54) is 12.8 Å². The molecule has 3 nitrogen and oxygen atoms in total. The second-order valence-corrected chi connectivity index (χ2v) is 5.60. The Bertz CT molecular complexity index is 639. The lowest BCUT2D eigenvalue weighted by molar-refractivity contribution is 0.394. The van der Waals surface area contributed by atoms with Crippen molar-refractivity contribution in [1.29, 1.82) is 0 Å². The summed E-state index contributed by atoms with van der Waals surface area (Å²) in [5.41, 5.74) is 9.84. The second kappa shape index (κ2) is 10.4. The number of hydrogen-bond acceptors (Lipinski definition) is 3. The maximum absolute atomic E-state index is 5.81. The van der Waals surface area contributed by atoms with E-state index in [9.17, 15) is 0 Å². The molecule has 0 bridgehead atoms. The van der Waals surface area contributed by atoms with E-state index in [0.29, 0.717) is 0 Å². The standard InChI is InChI=1S/C17H19NO2.C4H10/c1-12-8-13(6-7-17(12)18)4-5-14-9-15(19-2)11-16(10-14)20-3;1-3-4-2/h4-11H,18H2,1-3H3;3-4H2,1-2H3/b5-4-;. The van der Waals surface area contributed by atoms with Gasteiger partial charge in [-0.15, -0.1) is 0 Å². The molecular formula is C21H29NO2. The molecule has 2 aromatic carbocycles. The molecule has 0 aliphatic rings. The summed E-state index contributed by atoms with van der Waals surface area (Å²) in [4.78, 5) is 0. The highest BCUT2D eigenvalue weighted by atomic mass is 16.5. The van der Waals surface area contributed by atoms with E-state index in [-0.39, 0.29) is 0 Å². The Labute approximate surface area is 146 Å². The topological polar surface area (TPSA) is 44.5 Å². The van der Waals surface area contributed by atoms with Crippen molar-refractivity contribution in [1.82, 2.24) is 0 Å². The molecule has 0 unspecified atom stereocenters. The minimum absolute atomic E-state index is 0.775. The van der Waals surface area contributed by atoms with Gasteiger partial charge >= 0.3 is 0 Å². The average molecular weight is 327 g/mol.